The van der Waals surface area contributed by atoms with Crippen LogP contribution in [-0.4, -0.2) is 26.0 Å². The second-order valence-corrected chi connectivity index (χ2v) is 6.37. The number of thiazole rings is 1. The van der Waals surface area contributed by atoms with Gasteiger partial charge in [0.15, 0.2) is 5.13 Å². The molecule has 0 radical (unpaired) electrons. The predicted molar refractivity (Wildman–Crippen MR) is 93.4 cm³/mol. The van der Waals surface area contributed by atoms with Crippen LogP contribution >= 0.6 is 11.3 Å². The maximum absolute atomic E-state index is 11.4. The van der Waals surface area contributed by atoms with E-state index in [1.165, 1.54) is 41.7 Å². The van der Waals surface area contributed by atoms with Crippen molar-refractivity contribution in [1.82, 2.24) is 9.97 Å². The van der Waals surface area contributed by atoms with Gasteiger partial charge in [0.2, 0.25) is 0 Å². The quantitative estimate of drug-likeness (QED) is 0.526. The fourth-order valence-electron chi connectivity index (χ4n) is 2.17. The van der Waals surface area contributed by atoms with E-state index in [0.29, 0.717) is 22.2 Å². The van der Waals surface area contributed by atoms with Gasteiger partial charge in [-0.1, -0.05) is 12.1 Å². The summed E-state index contributed by atoms with van der Waals surface area (Å²) >= 11 is 1.41. The summed E-state index contributed by atoms with van der Waals surface area (Å²) in [6.45, 7) is 1.90. The number of benzene rings is 1. The molecule has 0 spiro atoms. The Labute approximate surface area is 146 Å². The Balaban J connectivity index is 2.05. The number of carboxylic acid groups (broad SMARTS) is 1. The van der Waals surface area contributed by atoms with Gasteiger partial charge in [-0.3, -0.25) is 10.1 Å². The second kappa shape index (κ2) is 6.65. The van der Waals surface area contributed by atoms with Crippen molar-refractivity contribution in [2.45, 2.75) is 6.92 Å². The van der Waals surface area contributed by atoms with Gasteiger partial charge in [0.25, 0.3) is 5.69 Å². The van der Waals surface area contributed by atoms with E-state index in [2.05, 4.69) is 15.3 Å². The summed E-state index contributed by atoms with van der Waals surface area (Å²) in [5.41, 5.74) is 0.701. The van der Waals surface area contributed by atoms with Gasteiger partial charge in [-0.25, -0.2) is 14.8 Å². The molecule has 126 valence electrons. The molecule has 1 aromatic carbocycles. The van der Waals surface area contributed by atoms with Crippen LogP contribution in [0.4, 0.5) is 16.6 Å². The Bertz CT molecular complexity index is 970. The summed E-state index contributed by atoms with van der Waals surface area (Å²) in [5, 5.41) is 23.8. The summed E-state index contributed by atoms with van der Waals surface area (Å²) in [5.74, 6) is -0.816. The number of hydrogen-bond acceptors (Lipinski definition) is 7. The molecule has 0 bridgehead atoms. The maximum Gasteiger partial charge on any atom is 0.335 e. The fourth-order valence-corrected chi connectivity index (χ4v) is 2.84. The minimum absolute atomic E-state index is 0.0206. The van der Waals surface area contributed by atoms with Gasteiger partial charge in [-0.15, -0.1) is 11.3 Å². The molecule has 0 saturated carbocycles. The number of anilines is 2. The van der Waals surface area contributed by atoms with E-state index in [1.807, 2.05) is 6.92 Å². The molecule has 0 amide bonds. The number of nitro groups is 1. The van der Waals surface area contributed by atoms with Gasteiger partial charge in [0.05, 0.1) is 16.2 Å². The number of nitrogens with one attached hydrogen (secondary N) is 1. The zero-order valence-corrected chi connectivity index (χ0v) is 13.8. The molecule has 0 aliphatic carbocycles. The zero-order chi connectivity index (χ0) is 18.0. The van der Waals surface area contributed by atoms with Crippen LogP contribution < -0.4 is 5.32 Å². The number of aromatic carboxylic acids is 1. The van der Waals surface area contributed by atoms with Gasteiger partial charge in [-0.05, 0) is 19.1 Å². The molecule has 0 unspecified atom stereocenters. The third-order valence-electron chi connectivity index (χ3n) is 3.28. The van der Waals surface area contributed by atoms with Crippen molar-refractivity contribution in [2.24, 2.45) is 0 Å². The van der Waals surface area contributed by atoms with Crippen LogP contribution in [0.25, 0.3) is 11.3 Å². The number of pyridine rings is 1. The summed E-state index contributed by atoms with van der Waals surface area (Å²) in [4.78, 5) is 31.3. The van der Waals surface area contributed by atoms with Crippen LogP contribution in [0.2, 0.25) is 0 Å². The van der Waals surface area contributed by atoms with E-state index in [1.54, 1.807) is 12.3 Å². The number of nitro benzene ring substituents is 1. The number of aryl methyl sites for hydroxylation is 1. The number of nitrogens with zero attached hydrogens (tertiary/aromatic N) is 3. The maximum atomic E-state index is 11.4. The molecule has 3 rings (SSSR count). The number of carbonyl (C=O) groups is 1. The molecule has 0 fully saturated rings. The number of non-ortho nitro benzene ring substituents is 1. The minimum atomic E-state index is -1.12. The highest BCUT2D eigenvalue weighted by atomic mass is 32.1. The Morgan fingerprint density at radius 3 is 2.76 bits per heavy atom. The third-order valence-corrected chi connectivity index (χ3v) is 4.11. The molecule has 0 aliphatic heterocycles. The van der Waals surface area contributed by atoms with E-state index in [-0.39, 0.29) is 11.3 Å². The molecule has 25 heavy (non-hydrogen) atoms. The minimum Gasteiger partial charge on any atom is -0.478 e. The zero-order valence-electron chi connectivity index (χ0n) is 13.0. The summed E-state index contributed by atoms with van der Waals surface area (Å²) in [6, 6.07) is 8.64. The van der Waals surface area contributed by atoms with E-state index < -0.39 is 10.9 Å². The van der Waals surface area contributed by atoms with Gasteiger partial charge in [0, 0.05) is 28.8 Å². The molecule has 2 N–H and O–H groups in total. The van der Waals surface area contributed by atoms with Crippen LogP contribution in [0.15, 0.2) is 42.6 Å². The first-order valence-electron chi connectivity index (χ1n) is 7.12. The van der Waals surface area contributed by atoms with Crippen LogP contribution in [0.1, 0.15) is 15.2 Å². The number of aromatic nitrogens is 2. The molecule has 2 aromatic heterocycles. The SMILES string of the molecule is Cc1cnc(Nc2cc(C(=O)O)cc(-c3cccc([N+](=O)[O-])c3)n2)s1. The molecule has 9 heteroatoms. The van der Waals surface area contributed by atoms with Crippen molar-refractivity contribution in [3.8, 4) is 11.3 Å². The fraction of sp³-hybridized carbons (Fsp3) is 0.0625. The van der Waals surface area contributed by atoms with Crippen molar-refractivity contribution in [1.29, 1.82) is 0 Å². The van der Waals surface area contributed by atoms with Crippen molar-refractivity contribution < 1.29 is 14.8 Å². The first-order chi connectivity index (χ1) is 11.9. The van der Waals surface area contributed by atoms with Gasteiger partial charge < -0.3 is 10.4 Å². The van der Waals surface area contributed by atoms with Gasteiger partial charge in [0.1, 0.15) is 5.82 Å². The van der Waals surface area contributed by atoms with Crippen LogP contribution in [0, 0.1) is 17.0 Å². The molecule has 0 aliphatic rings. The van der Waals surface area contributed by atoms with E-state index in [0.717, 1.165) is 4.88 Å². The summed E-state index contributed by atoms with van der Waals surface area (Å²) < 4.78 is 0. The Morgan fingerprint density at radius 2 is 2.12 bits per heavy atom. The molecular weight excluding hydrogens is 344 g/mol. The van der Waals surface area contributed by atoms with Crippen LogP contribution in [0.5, 0.6) is 0 Å². The highest BCUT2D eigenvalue weighted by molar-refractivity contribution is 7.15. The molecular formula is C16H12N4O4S. The van der Waals surface area contributed by atoms with E-state index in [9.17, 15) is 20.0 Å². The first kappa shape index (κ1) is 16.5. The molecule has 2 heterocycles. The van der Waals surface area contributed by atoms with Crippen molar-refractivity contribution >= 4 is 33.9 Å². The lowest BCUT2D eigenvalue weighted by Gasteiger charge is -2.08. The monoisotopic (exact) mass is 356 g/mol. The van der Waals surface area contributed by atoms with Crippen molar-refractivity contribution in [3.05, 3.63) is 63.1 Å². The second-order valence-electron chi connectivity index (χ2n) is 5.14. The third kappa shape index (κ3) is 3.78. The van der Waals surface area contributed by atoms with E-state index >= 15 is 0 Å². The lowest BCUT2D eigenvalue weighted by Crippen LogP contribution is -2.02. The lowest BCUT2D eigenvalue weighted by molar-refractivity contribution is -0.384. The standard InChI is InChI=1S/C16H12N4O4S/c1-9-8-17-16(25-9)19-14-7-11(15(21)22)6-13(18-14)10-3-2-4-12(5-10)20(23)24/h2-8H,1H3,(H,21,22)(H,17,18,19). The smallest absolute Gasteiger partial charge is 0.335 e. The topological polar surface area (TPSA) is 118 Å². The largest absolute Gasteiger partial charge is 0.478 e. The average molecular weight is 356 g/mol. The Morgan fingerprint density at radius 1 is 1.32 bits per heavy atom. The van der Waals surface area contributed by atoms with Crippen LogP contribution in [-0.2, 0) is 0 Å². The summed E-state index contributed by atoms with van der Waals surface area (Å²) in [7, 11) is 0. The molecule has 0 atom stereocenters. The number of hydrogen-bond donors (Lipinski definition) is 2. The van der Waals surface area contributed by atoms with Crippen molar-refractivity contribution in [2.75, 3.05) is 5.32 Å². The van der Waals surface area contributed by atoms with E-state index in [4.69, 9.17) is 0 Å². The van der Waals surface area contributed by atoms with Crippen LogP contribution in [0.3, 0.4) is 0 Å². The normalized spacial score (nSPS) is 10.4. The summed E-state index contributed by atoms with van der Waals surface area (Å²) in [6.07, 6.45) is 1.69. The highest BCUT2D eigenvalue weighted by Gasteiger charge is 2.13. The first-order valence-corrected chi connectivity index (χ1v) is 7.93. The van der Waals surface area contributed by atoms with Crippen molar-refractivity contribution in [3.63, 3.8) is 0 Å². The Kier molecular flexibility index (Phi) is 4.40. The average Bonchev–Trinajstić information content (AvgIpc) is 2.99. The molecule has 3 aromatic rings. The number of carboxylic acids is 1. The van der Waals surface area contributed by atoms with Gasteiger partial charge >= 0.3 is 5.97 Å². The number of rotatable bonds is 5. The Hall–Kier alpha value is -3.33. The predicted octanol–water partition coefficient (Wildman–Crippen LogP) is 3.86. The highest BCUT2D eigenvalue weighted by Crippen LogP contribution is 2.27. The molecule has 0 saturated heterocycles. The lowest BCUT2D eigenvalue weighted by atomic mass is 10.1. The molecule has 8 nitrogen and oxygen atoms in total. The van der Waals surface area contributed by atoms with Gasteiger partial charge in [-0.2, -0.15) is 0 Å².